The molecule has 0 saturated carbocycles. The molecule has 1 N–H and O–H groups in total. The summed E-state index contributed by atoms with van der Waals surface area (Å²) in [5.74, 6) is -0.269. The van der Waals surface area contributed by atoms with Crippen molar-refractivity contribution in [3.8, 4) is 16.9 Å². The lowest BCUT2D eigenvalue weighted by molar-refractivity contribution is -0.115. The van der Waals surface area contributed by atoms with Crippen LogP contribution in [0.5, 0.6) is 0 Å². The van der Waals surface area contributed by atoms with E-state index in [0.717, 1.165) is 28.2 Å². The summed E-state index contributed by atoms with van der Waals surface area (Å²) >= 11 is 1.20. The first-order valence-electron chi connectivity index (χ1n) is 9.91. The number of hydrogen-bond acceptors (Lipinski definition) is 5. The van der Waals surface area contributed by atoms with Crippen molar-refractivity contribution in [3.05, 3.63) is 82.5 Å². The summed E-state index contributed by atoms with van der Waals surface area (Å²) in [6.07, 6.45) is 0.181. The fourth-order valence-corrected chi connectivity index (χ4v) is 4.38. The molecule has 2 aromatic heterocycles. The van der Waals surface area contributed by atoms with Gasteiger partial charge in [-0.3, -0.25) is 9.59 Å². The number of nitrogens with one attached hydrogen (secondary N) is 1. The van der Waals surface area contributed by atoms with Gasteiger partial charge in [0.25, 0.3) is 0 Å². The van der Waals surface area contributed by atoms with Crippen molar-refractivity contribution in [3.63, 3.8) is 0 Å². The number of carbonyl (C=O) groups is 2. The molecular formula is C24H22N4O2S. The third-order valence-corrected chi connectivity index (χ3v) is 6.09. The molecule has 2 aromatic carbocycles. The summed E-state index contributed by atoms with van der Waals surface area (Å²) < 4.78 is 1.85. The minimum atomic E-state index is -0.192. The molecule has 31 heavy (non-hydrogen) atoms. The van der Waals surface area contributed by atoms with Crippen molar-refractivity contribution < 1.29 is 9.59 Å². The average Bonchev–Trinajstić information content (AvgIpc) is 3.31. The van der Waals surface area contributed by atoms with Gasteiger partial charge in [-0.25, -0.2) is 9.67 Å². The highest BCUT2D eigenvalue weighted by Crippen LogP contribution is 2.31. The van der Waals surface area contributed by atoms with Crippen LogP contribution in [0.2, 0.25) is 0 Å². The van der Waals surface area contributed by atoms with E-state index in [1.54, 1.807) is 0 Å². The monoisotopic (exact) mass is 430 g/mol. The van der Waals surface area contributed by atoms with E-state index in [2.05, 4.69) is 15.4 Å². The lowest BCUT2D eigenvalue weighted by Crippen LogP contribution is -2.15. The molecular weight excluding hydrogens is 408 g/mol. The maximum Gasteiger partial charge on any atom is 0.230 e. The van der Waals surface area contributed by atoms with E-state index in [-0.39, 0.29) is 18.1 Å². The second kappa shape index (κ2) is 8.65. The van der Waals surface area contributed by atoms with Crippen LogP contribution in [0, 0.1) is 13.8 Å². The van der Waals surface area contributed by atoms with E-state index in [0.29, 0.717) is 15.7 Å². The van der Waals surface area contributed by atoms with Crippen LogP contribution in [-0.4, -0.2) is 26.5 Å². The van der Waals surface area contributed by atoms with Gasteiger partial charge >= 0.3 is 0 Å². The maximum absolute atomic E-state index is 12.8. The van der Waals surface area contributed by atoms with Crippen molar-refractivity contribution >= 4 is 28.2 Å². The largest absolute Gasteiger partial charge is 0.302 e. The number of carbonyl (C=O) groups excluding carboxylic acids is 2. The van der Waals surface area contributed by atoms with Gasteiger partial charge in [0.05, 0.1) is 28.4 Å². The summed E-state index contributed by atoms with van der Waals surface area (Å²) in [4.78, 5) is 30.0. The first-order valence-corrected chi connectivity index (χ1v) is 10.7. The Hall–Kier alpha value is -3.58. The van der Waals surface area contributed by atoms with Gasteiger partial charge in [-0.1, -0.05) is 59.9 Å². The second-order valence-corrected chi connectivity index (χ2v) is 8.24. The van der Waals surface area contributed by atoms with E-state index < -0.39 is 0 Å². The number of Topliss-reactive ketones (excluding diaryl/α,β-unsaturated/α-hetero) is 1. The average molecular weight is 431 g/mol. The molecule has 0 bridgehead atoms. The number of thiazole rings is 1. The third kappa shape index (κ3) is 4.32. The highest BCUT2D eigenvalue weighted by atomic mass is 32.1. The van der Waals surface area contributed by atoms with Crippen LogP contribution in [-0.2, 0) is 11.2 Å². The molecule has 4 rings (SSSR count). The Labute approximate surface area is 184 Å². The number of benzene rings is 2. The fraction of sp³-hybridized carbons (Fsp3) is 0.167. The van der Waals surface area contributed by atoms with Crippen molar-refractivity contribution in [2.24, 2.45) is 0 Å². The summed E-state index contributed by atoms with van der Waals surface area (Å²) in [6, 6.07) is 19.3. The molecule has 0 saturated heterocycles. The summed E-state index contributed by atoms with van der Waals surface area (Å²) in [5.41, 5.74) is 5.01. The Kier molecular flexibility index (Phi) is 5.77. The zero-order valence-corrected chi connectivity index (χ0v) is 18.4. The number of para-hydroxylation sites is 1. The smallest absolute Gasteiger partial charge is 0.230 e. The van der Waals surface area contributed by atoms with Crippen LogP contribution in [0.1, 0.15) is 33.5 Å². The molecule has 6 nitrogen and oxygen atoms in total. The van der Waals surface area contributed by atoms with Crippen LogP contribution < -0.4 is 5.32 Å². The molecule has 0 aliphatic carbocycles. The van der Waals surface area contributed by atoms with Gasteiger partial charge in [0.2, 0.25) is 5.91 Å². The number of aromatic nitrogens is 3. The Morgan fingerprint density at radius 2 is 1.65 bits per heavy atom. The molecule has 4 aromatic rings. The first-order chi connectivity index (χ1) is 14.9. The molecule has 2 heterocycles. The van der Waals surface area contributed by atoms with E-state index >= 15 is 0 Å². The summed E-state index contributed by atoms with van der Waals surface area (Å²) in [7, 11) is 0. The number of ketones is 1. The van der Waals surface area contributed by atoms with Crippen molar-refractivity contribution in [2.45, 2.75) is 27.2 Å². The zero-order chi connectivity index (χ0) is 22.0. The molecule has 0 radical (unpaired) electrons. The number of hydrogen-bond donors (Lipinski definition) is 1. The predicted molar refractivity (Wildman–Crippen MR) is 123 cm³/mol. The van der Waals surface area contributed by atoms with Crippen molar-refractivity contribution in [2.75, 3.05) is 5.32 Å². The molecule has 0 aliphatic rings. The Morgan fingerprint density at radius 1 is 1.00 bits per heavy atom. The number of anilines is 1. The normalized spacial score (nSPS) is 10.8. The Balaban J connectivity index is 1.56. The number of nitrogens with zero attached hydrogens (tertiary/aromatic N) is 3. The number of aryl methyl sites for hydroxylation is 1. The molecule has 0 unspecified atom stereocenters. The molecule has 1 amide bonds. The lowest BCUT2D eigenvalue weighted by atomic mass is 10.1. The lowest BCUT2D eigenvalue weighted by Gasteiger charge is -2.05. The quantitative estimate of drug-likeness (QED) is 0.437. The standard InChI is InChI=1S/C24H22N4O2S/c1-15-20(16(2)28(27-15)19-12-8-5-9-13-19)14-21(30)25-24-26-22(23(31-24)17(3)29)18-10-6-4-7-11-18/h4-13H,14H2,1-3H3,(H,25,26,30). The minimum Gasteiger partial charge on any atom is -0.302 e. The van der Waals surface area contributed by atoms with Crippen LogP contribution in [0.4, 0.5) is 5.13 Å². The number of amides is 1. The molecule has 156 valence electrons. The van der Waals surface area contributed by atoms with E-state index in [4.69, 9.17) is 0 Å². The van der Waals surface area contributed by atoms with E-state index in [1.165, 1.54) is 18.3 Å². The van der Waals surface area contributed by atoms with Gasteiger partial charge in [0.15, 0.2) is 10.9 Å². The van der Waals surface area contributed by atoms with Crippen molar-refractivity contribution in [1.29, 1.82) is 0 Å². The van der Waals surface area contributed by atoms with Gasteiger partial charge < -0.3 is 5.32 Å². The van der Waals surface area contributed by atoms with Gasteiger partial charge in [-0.15, -0.1) is 0 Å². The summed E-state index contributed by atoms with van der Waals surface area (Å²) in [5, 5.41) is 7.88. The Bertz CT molecular complexity index is 1240. The van der Waals surface area contributed by atoms with Crippen LogP contribution in [0.25, 0.3) is 16.9 Å². The first kappa shape index (κ1) is 20.7. The Morgan fingerprint density at radius 3 is 2.29 bits per heavy atom. The summed E-state index contributed by atoms with van der Waals surface area (Å²) in [6.45, 7) is 5.37. The highest BCUT2D eigenvalue weighted by Gasteiger charge is 2.20. The topological polar surface area (TPSA) is 76.9 Å². The van der Waals surface area contributed by atoms with Crippen LogP contribution >= 0.6 is 11.3 Å². The minimum absolute atomic E-state index is 0.0762. The van der Waals surface area contributed by atoms with Gasteiger partial charge in [-0.05, 0) is 26.0 Å². The molecule has 0 fully saturated rings. The fourth-order valence-electron chi connectivity index (χ4n) is 3.48. The number of rotatable bonds is 6. The SMILES string of the molecule is CC(=O)c1sc(NC(=O)Cc2c(C)nn(-c3ccccc3)c2C)nc1-c1ccccc1. The third-order valence-electron chi connectivity index (χ3n) is 5.02. The highest BCUT2D eigenvalue weighted by molar-refractivity contribution is 7.18. The predicted octanol–water partition coefficient (Wildman–Crippen LogP) is 5.00. The molecule has 7 heteroatoms. The zero-order valence-electron chi connectivity index (χ0n) is 17.5. The molecule has 0 spiro atoms. The van der Waals surface area contributed by atoms with Crippen LogP contribution in [0.15, 0.2) is 60.7 Å². The second-order valence-electron chi connectivity index (χ2n) is 7.24. The van der Waals surface area contributed by atoms with Gasteiger partial charge in [0, 0.05) is 23.7 Å². The van der Waals surface area contributed by atoms with Gasteiger partial charge in [0.1, 0.15) is 0 Å². The van der Waals surface area contributed by atoms with Crippen LogP contribution in [0.3, 0.4) is 0 Å². The molecule has 0 aliphatic heterocycles. The van der Waals surface area contributed by atoms with E-state index in [1.807, 2.05) is 79.2 Å². The maximum atomic E-state index is 12.8. The van der Waals surface area contributed by atoms with Crippen molar-refractivity contribution in [1.82, 2.24) is 14.8 Å². The van der Waals surface area contributed by atoms with Gasteiger partial charge in [-0.2, -0.15) is 5.10 Å². The molecule has 0 atom stereocenters. The van der Waals surface area contributed by atoms with E-state index in [9.17, 15) is 9.59 Å².